The lowest BCUT2D eigenvalue weighted by atomic mass is 10.3. The summed E-state index contributed by atoms with van der Waals surface area (Å²) < 4.78 is 5.28. The Morgan fingerprint density at radius 3 is 3.15 bits per heavy atom. The second kappa shape index (κ2) is 3.70. The van der Waals surface area contributed by atoms with Crippen LogP contribution in [0.4, 0.5) is 0 Å². The maximum absolute atomic E-state index is 5.28. The maximum Gasteiger partial charge on any atom is 0.194 e. The summed E-state index contributed by atoms with van der Waals surface area (Å²) in [5, 5.41) is 2.86. The Kier molecular flexibility index (Phi) is 2.40. The summed E-state index contributed by atoms with van der Waals surface area (Å²) in [5.74, 6) is 0.799. The minimum atomic E-state index is 0.799. The quantitative estimate of drug-likeness (QED) is 0.754. The summed E-state index contributed by atoms with van der Waals surface area (Å²) in [7, 11) is 0. The minimum Gasteiger partial charge on any atom is -0.448 e. The largest absolute Gasteiger partial charge is 0.448 e. The Hall–Kier alpha value is -1.16. The van der Waals surface area contributed by atoms with Gasteiger partial charge in [-0.2, -0.15) is 0 Å². The van der Waals surface area contributed by atoms with Gasteiger partial charge in [-0.1, -0.05) is 6.92 Å². The molecule has 68 valence electrons. The SMILES string of the molecule is CCCc1nc(-c2nccs2)co1. The standard InChI is InChI=1S/C9H10N2OS/c1-2-3-8-11-7(6-12-8)9-10-4-5-13-9/h4-6H,2-3H2,1H3. The zero-order valence-electron chi connectivity index (χ0n) is 7.36. The fraction of sp³-hybridized carbons (Fsp3) is 0.333. The topological polar surface area (TPSA) is 38.9 Å². The van der Waals surface area contributed by atoms with E-state index in [9.17, 15) is 0 Å². The first-order valence-electron chi connectivity index (χ1n) is 4.24. The van der Waals surface area contributed by atoms with Crippen molar-refractivity contribution in [3.05, 3.63) is 23.7 Å². The molecule has 13 heavy (non-hydrogen) atoms. The van der Waals surface area contributed by atoms with Gasteiger partial charge in [-0.3, -0.25) is 0 Å². The van der Waals surface area contributed by atoms with E-state index >= 15 is 0 Å². The monoisotopic (exact) mass is 194 g/mol. The Bertz CT molecular complexity index is 367. The molecule has 0 unspecified atom stereocenters. The molecule has 0 saturated heterocycles. The number of aromatic nitrogens is 2. The number of hydrogen-bond donors (Lipinski definition) is 0. The Balaban J connectivity index is 2.23. The van der Waals surface area contributed by atoms with Crippen LogP contribution in [0.5, 0.6) is 0 Å². The number of hydrogen-bond acceptors (Lipinski definition) is 4. The molecule has 2 heterocycles. The van der Waals surface area contributed by atoms with Crippen molar-refractivity contribution in [2.45, 2.75) is 19.8 Å². The van der Waals surface area contributed by atoms with E-state index in [1.165, 1.54) is 0 Å². The van der Waals surface area contributed by atoms with Gasteiger partial charge in [0.15, 0.2) is 5.89 Å². The van der Waals surface area contributed by atoms with Crippen molar-refractivity contribution in [2.75, 3.05) is 0 Å². The van der Waals surface area contributed by atoms with Crippen LogP contribution in [0.3, 0.4) is 0 Å². The molecule has 0 aliphatic rings. The van der Waals surface area contributed by atoms with E-state index in [0.717, 1.165) is 29.4 Å². The fourth-order valence-corrected chi connectivity index (χ4v) is 1.67. The summed E-state index contributed by atoms with van der Waals surface area (Å²) in [4.78, 5) is 8.48. The smallest absolute Gasteiger partial charge is 0.194 e. The van der Waals surface area contributed by atoms with Crippen molar-refractivity contribution >= 4 is 11.3 Å². The van der Waals surface area contributed by atoms with Gasteiger partial charge < -0.3 is 4.42 Å². The van der Waals surface area contributed by atoms with Crippen LogP contribution in [0, 0.1) is 0 Å². The molecule has 2 aromatic heterocycles. The summed E-state index contributed by atoms with van der Waals surface area (Å²) in [6.45, 7) is 2.10. The molecule has 0 bridgehead atoms. The molecule has 0 aliphatic carbocycles. The molecule has 4 heteroatoms. The normalized spacial score (nSPS) is 10.5. The van der Waals surface area contributed by atoms with Gasteiger partial charge >= 0.3 is 0 Å². The number of nitrogens with zero attached hydrogens (tertiary/aromatic N) is 2. The van der Waals surface area contributed by atoms with Crippen molar-refractivity contribution < 1.29 is 4.42 Å². The number of aryl methyl sites for hydroxylation is 1. The van der Waals surface area contributed by atoms with Gasteiger partial charge in [0.1, 0.15) is 17.0 Å². The van der Waals surface area contributed by atoms with E-state index in [1.807, 2.05) is 5.38 Å². The molecule has 0 atom stereocenters. The van der Waals surface area contributed by atoms with Gasteiger partial charge in [0.25, 0.3) is 0 Å². The van der Waals surface area contributed by atoms with Crippen molar-refractivity contribution in [1.29, 1.82) is 0 Å². The van der Waals surface area contributed by atoms with Crippen LogP contribution in [-0.2, 0) is 6.42 Å². The summed E-state index contributed by atoms with van der Waals surface area (Å²) in [5.41, 5.74) is 0.846. The molecule has 0 fully saturated rings. The predicted molar refractivity (Wildman–Crippen MR) is 51.6 cm³/mol. The van der Waals surface area contributed by atoms with Crippen LogP contribution >= 0.6 is 11.3 Å². The molecule has 0 amide bonds. The number of oxazole rings is 1. The first kappa shape index (κ1) is 8.44. The highest BCUT2D eigenvalue weighted by molar-refractivity contribution is 7.13. The van der Waals surface area contributed by atoms with Gasteiger partial charge in [0.2, 0.25) is 0 Å². The lowest BCUT2D eigenvalue weighted by Gasteiger charge is -1.86. The average molecular weight is 194 g/mol. The summed E-state index contributed by atoms with van der Waals surface area (Å²) >= 11 is 1.57. The van der Waals surface area contributed by atoms with Crippen molar-refractivity contribution in [2.24, 2.45) is 0 Å². The Morgan fingerprint density at radius 2 is 2.46 bits per heavy atom. The molecule has 0 saturated carbocycles. The van der Waals surface area contributed by atoms with E-state index in [-0.39, 0.29) is 0 Å². The minimum absolute atomic E-state index is 0.799. The molecule has 2 rings (SSSR count). The third-order valence-electron chi connectivity index (χ3n) is 1.67. The number of thiazole rings is 1. The Labute approximate surface area is 80.5 Å². The van der Waals surface area contributed by atoms with Crippen molar-refractivity contribution in [1.82, 2.24) is 9.97 Å². The third kappa shape index (κ3) is 1.78. The van der Waals surface area contributed by atoms with Gasteiger partial charge in [0.05, 0.1) is 0 Å². The van der Waals surface area contributed by atoms with E-state index in [2.05, 4.69) is 16.9 Å². The van der Waals surface area contributed by atoms with Crippen LogP contribution in [0.1, 0.15) is 19.2 Å². The van der Waals surface area contributed by atoms with E-state index < -0.39 is 0 Å². The molecule has 0 aliphatic heterocycles. The van der Waals surface area contributed by atoms with Crippen LogP contribution in [0.2, 0.25) is 0 Å². The van der Waals surface area contributed by atoms with Crippen LogP contribution in [-0.4, -0.2) is 9.97 Å². The highest BCUT2D eigenvalue weighted by atomic mass is 32.1. The zero-order valence-corrected chi connectivity index (χ0v) is 8.17. The van der Waals surface area contributed by atoms with E-state index in [0.29, 0.717) is 0 Å². The molecule has 0 N–H and O–H groups in total. The third-order valence-corrected chi connectivity index (χ3v) is 2.46. The lowest BCUT2D eigenvalue weighted by Crippen LogP contribution is -1.82. The second-order valence-electron chi connectivity index (χ2n) is 2.71. The fourth-order valence-electron chi connectivity index (χ4n) is 1.09. The second-order valence-corrected chi connectivity index (χ2v) is 3.61. The van der Waals surface area contributed by atoms with Gasteiger partial charge in [0, 0.05) is 18.0 Å². The molecule has 0 spiro atoms. The Morgan fingerprint density at radius 1 is 1.54 bits per heavy atom. The van der Waals surface area contributed by atoms with Crippen molar-refractivity contribution in [3.8, 4) is 10.7 Å². The molecule has 3 nitrogen and oxygen atoms in total. The van der Waals surface area contributed by atoms with Gasteiger partial charge in [-0.25, -0.2) is 9.97 Å². The summed E-state index contributed by atoms with van der Waals surface area (Å²) in [6.07, 6.45) is 5.39. The maximum atomic E-state index is 5.28. The lowest BCUT2D eigenvalue weighted by molar-refractivity contribution is 0.491. The molecular weight excluding hydrogens is 184 g/mol. The number of rotatable bonds is 3. The van der Waals surface area contributed by atoms with Crippen LogP contribution in [0.15, 0.2) is 22.3 Å². The zero-order chi connectivity index (χ0) is 9.10. The first-order chi connectivity index (χ1) is 6.40. The molecule has 0 aromatic carbocycles. The average Bonchev–Trinajstić information content (AvgIpc) is 2.70. The van der Waals surface area contributed by atoms with Crippen molar-refractivity contribution in [3.63, 3.8) is 0 Å². The summed E-state index contributed by atoms with van der Waals surface area (Å²) in [6, 6.07) is 0. The van der Waals surface area contributed by atoms with Crippen LogP contribution < -0.4 is 0 Å². The van der Waals surface area contributed by atoms with Gasteiger partial charge in [-0.15, -0.1) is 11.3 Å². The predicted octanol–water partition coefficient (Wildman–Crippen LogP) is 2.75. The first-order valence-corrected chi connectivity index (χ1v) is 5.12. The highest BCUT2D eigenvalue weighted by Gasteiger charge is 2.06. The van der Waals surface area contributed by atoms with Crippen LogP contribution in [0.25, 0.3) is 10.7 Å². The molecule has 2 aromatic rings. The highest BCUT2D eigenvalue weighted by Crippen LogP contribution is 2.20. The molecular formula is C9H10N2OS. The molecule has 0 radical (unpaired) electrons. The van der Waals surface area contributed by atoms with E-state index in [4.69, 9.17) is 4.42 Å². The van der Waals surface area contributed by atoms with Gasteiger partial charge in [-0.05, 0) is 6.42 Å². The van der Waals surface area contributed by atoms with E-state index in [1.54, 1.807) is 23.8 Å².